The van der Waals surface area contributed by atoms with Gasteiger partial charge in [0.2, 0.25) is 0 Å². The minimum Gasteiger partial charge on any atom is -0.497 e. The minimum atomic E-state index is -3.93. The molecule has 158 valence electrons. The molecule has 0 unspecified atom stereocenters. The van der Waals surface area contributed by atoms with E-state index in [-0.39, 0.29) is 21.9 Å². The summed E-state index contributed by atoms with van der Waals surface area (Å²) in [4.78, 5) is 12.5. The highest BCUT2D eigenvalue weighted by molar-refractivity contribution is 7.92. The van der Waals surface area contributed by atoms with Gasteiger partial charge in [0.05, 0.1) is 36.4 Å². The van der Waals surface area contributed by atoms with Gasteiger partial charge >= 0.3 is 0 Å². The lowest BCUT2D eigenvalue weighted by molar-refractivity contribution is 0.102. The molecule has 0 heterocycles. The Morgan fingerprint density at radius 2 is 1.71 bits per heavy atom. The lowest BCUT2D eigenvalue weighted by Crippen LogP contribution is -2.16. The van der Waals surface area contributed by atoms with Crippen molar-refractivity contribution in [2.24, 2.45) is 0 Å². The van der Waals surface area contributed by atoms with Crippen molar-refractivity contribution in [1.82, 2.24) is 0 Å². The molecule has 0 radical (unpaired) electrons. The first-order valence-corrected chi connectivity index (χ1v) is 10.5. The maximum Gasteiger partial charge on any atom is 0.261 e. The Bertz CT molecular complexity index is 1250. The van der Waals surface area contributed by atoms with E-state index in [1.54, 1.807) is 42.5 Å². The number of nitrogens with one attached hydrogen (secondary N) is 2. The van der Waals surface area contributed by atoms with Gasteiger partial charge in [-0.15, -0.1) is 0 Å². The third kappa shape index (κ3) is 5.12. The number of benzene rings is 3. The lowest BCUT2D eigenvalue weighted by atomic mass is 10.1. The van der Waals surface area contributed by atoms with Crippen molar-refractivity contribution >= 4 is 27.3 Å². The van der Waals surface area contributed by atoms with Crippen LogP contribution in [-0.2, 0) is 10.0 Å². The van der Waals surface area contributed by atoms with Crippen LogP contribution < -0.4 is 19.5 Å². The van der Waals surface area contributed by atoms with E-state index in [2.05, 4.69) is 10.0 Å². The average molecular weight is 437 g/mol. The van der Waals surface area contributed by atoms with Gasteiger partial charge in [0, 0.05) is 11.3 Å². The number of nitriles is 1. The molecular weight excluding hydrogens is 418 g/mol. The minimum absolute atomic E-state index is 0.0646. The zero-order chi connectivity index (χ0) is 22.4. The van der Waals surface area contributed by atoms with Crippen molar-refractivity contribution in [2.75, 3.05) is 24.3 Å². The number of amides is 1. The quantitative estimate of drug-likeness (QED) is 0.583. The van der Waals surface area contributed by atoms with E-state index in [9.17, 15) is 13.2 Å². The second-order valence-corrected chi connectivity index (χ2v) is 8.03. The van der Waals surface area contributed by atoms with Crippen molar-refractivity contribution in [3.05, 3.63) is 77.9 Å². The number of hydrogen-bond acceptors (Lipinski definition) is 6. The number of nitrogens with zero attached hydrogens (tertiary/aromatic N) is 1. The number of carbonyl (C=O) groups excluding carboxylic acids is 1. The number of methoxy groups -OCH3 is 2. The van der Waals surface area contributed by atoms with E-state index in [1.165, 1.54) is 38.5 Å². The summed E-state index contributed by atoms with van der Waals surface area (Å²) in [6.07, 6.45) is 0. The number of carbonyl (C=O) groups is 1. The highest BCUT2D eigenvalue weighted by Crippen LogP contribution is 2.29. The number of ether oxygens (including phenoxy) is 2. The summed E-state index contributed by atoms with van der Waals surface area (Å²) in [6.45, 7) is 0. The van der Waals surface area contributed by atoms with Gasteiger partial charge in [-0.3, -0.25) is 9.52 Å². The Morgan fingerprint density at radius 1 is 0.968 bits per heavy atom. The average Bonchev–Trinajstić information content (AvgIpc) is 2.79. The van der Waals surface area contributed by atoms with Crippen molar-refractivity contribution in [3.8, 4) is 17.6 Å². The highest BCUT2D eigenvalue weighted by Gasteiger charge is 2.18. The zero-order valence-corrected chi connectivity index (χ0v) is 17.6. The summed E-state index contributed by atoms with van der Waals surface area (Å²) in [6, 6.07) is 18.7. The van der Waals surface area contributed by atoms with Crippen molar-refractivity contribution in [2.45, 2.75) is 4.90 Å². The summed E-state index contributed by atoms with van der Waals surface area (Å²) >= 11 is 0. The van der Waals surface area contributed by atoms with Crippen LogP contribution in [0.3, 0.4) is 0 Å². The van der Waals surface area contributed by atoms with E-state index in [1.807, 2.05) is 6.07 Å². The predicted octanol–water partition coefficient (Wildman–Crippen LogP) is 3.63. The summed E-state index contributed by atoms with van der Waals surface area (Å²) < 4.78 is 38.4. The second-order valence-electron chi connectivity index (χ2n) is 6.34. The molecule has 8 nitrogen and oxygen atoms in total. The molecule has 0 atom stereocenters. The van der Waals surface area contributed by atoms with Crippen LogP contribution in [0.1, 0.15) is 15.9 Å². The number of hydrogen-bond donors (Lipinski definition) is 2. The molecule has 0 aromatic heterocycles. The molecule has 2 N–H and O–H groups in total. The summed E-state index contributed by atoms with van der Waals surface area (Å²) in [5.41, 5.74) is 1.12. The normalized spacial score (nSPS) is 10.6. The second kappa shape index (κ2) is 9.19. The summed E-state index contributed by atoms with van der Waals surface area (Å²) in [5, 5.41) is 11.6. The van der Waals surface area contributed by atoms with Crippen molar-refractivity contribution < 1.29 is 22.7 Å². The van der Waals surface area contributed by atoms with Gasteiger partial charge in [-0.1, -0.05) is 6.07 Å². The molecule has 0 saturated carbocycles. The Labute approximate surface area is 180 Å². The van der Waals surface area contributed by atoms with Gasteiger partial charge in [0.15, 0.2) is 0 Å². The molecule has 3 aromatic carbocycles. The molecule has 0 aliphatic rings. The Balaban J connectivity index is 1.88. The molecular formula is C22H19N3O5S. The number of rotatable bonds is 7. The van der Waals surface area contributed by atoms with Crippen molar-refractivity contribution in [1.29, 1.82) is 5.26 Å². The first-order chi connectivity index (χ1) is 14.9. The molecule has 0 aliphatic carbocycles. The van der Waals surface area contributed by atoms with E-state index >= 15 is 0 Å². The van der Waals surface area contributed by atoms with Gasteiger partial charge < -0.3 is 14.8 Å². The Kier molecular flexibility index (Phi) is 6.43. The molecule has 0 saturated heterocycles. The number of sulfonamides is 1. The lowest BCUT2D eigenvalue weighted by Gasteiger charge is -2.14. The van der Waals surface area contributed by atoms with Gasteiger partial charge in [-0.25, -0.2) is 8.42 Å². The standard InChI is InChI=1S/C22H19N3O5S/c1-29-18-8-6-17(7-9-18)25-31(27,28)19-10-11-21(30-2)20(13-19)24-22(26)16-5-3-4-15(12-16)14-23/h3-13,25H,1-2H3,(H,24,26). The largest absolute Gasteiger partial charge is 0.497 e. The molecule has 0 bridgehead atoms. The highest BCUT2D eigenvalue weighted by atomic mass is 32.2. The molecule has 0 spiro atoms. The molecule has 3 rings (SSSR count). The molecule has 1 amide bonds. The van der Waals surface area contributed by atoms with E-state index in [0.717, 1.165) is 0 Å². The third-order valence-corrected chi connectivity index (χ3v) is 5.70. The summed E-state index contributed by atoms with van der Waals surface area (Å²) in [5.74, 6) is 0.374. The Morgan fingerprint density at radius 3 is 2.35 bits per heavy atom. The molecule has 9 heteroatoms. The van der Waals surface area contributed by atoms with Crippen LogP contribution >= 0.6 is 0 Å². The SMILES string of the molecule is COc1ccc(NS(=O)(=O)c2ccc(OC)c(NC(=O)c3cccc(C#N)c3)c2)cc1. The molecule has 0 aliphatic heterocycles. The van der Waals surface area contributed by atoms with E-state index < -0.39 is 15.9 Å². The smallest absolute Gasteiger partial charge is 0.261 e. The zero-order valence-electron chi connectivity index (χ0n) is 16.7. The molecule has 3 aromatic rings. The summed E-state index contributed by atoms with van der Waals surface area (Å²) in [7, 11) is -1.01. The van der Waals surface area contributed by atoms with Gasteiger partial charge in [-0.05, 0) is 60.7 Å². The van der Waals surface area contributed by atoms with Crippen LogP contribution in [0, 0.1) is 11.3 Å². The predicted molar refractivity (Wildman–Crippen MR) is 116 cm³/mol. The maximum absolute atomic E-state index is 12.8. The fourth-order valence-electron chi connectivity index (χ4n) is 2.75. The topological polar surface area (TPSA) is 118 Å². The third-order valence-electron chi connectivity index (χ3n) is 4.33. The first-order valence-electron chi connectivity index (χ1n) is 9.02. The van der Waals surface area contributed by atoms with Gasteiger partial charge in [-0.2, -0.15) is 5.26 Å². The number of anilines is 2. The fourth-order valence-corrected chi connectivity index (χ4v) is 3.83. The van der Waals surface area contributed by atoms with Crippen molar-refractivity contribution in [3.63, 3.8) is 0 Å². The monoisotopic (exact) mass is 437 g/mol. The van der Waals surface area contributed by atoms with Crippen LogP contribution in [-0.4, -0.2) is 28.5 Å². The Hall–Kier alpha value is -4.03. The van der Waals surface area contributed by atoms with Gasteiger partial charge in [0.25, 0.3) is 15.9 Å². The van der Waals surface area contributed by atoms with Gasteiger partial charge in [0.1, 0.15) is 11.5 Å². The molecule has 0 fully saturated rings. The van der Waals surface area contributed by atoms with Crippen LogP contribution in [0.4, 0.5) is 11.4 Å². The van der Waals surface area contributed by atoms with Crippen LogP contribution in [0.25, 0.3) is 0 Å². The molecule has 31 heavy (non-hydrogen) atoms. The maximum atomic E-state index is 12.8. The van der Waals surface area contributed by atoms with Crippen LogP contribution in [0.2, 0.25) is 0 Å². The van der Waals surface area contributed by atoms with Crippen LogP contribution in [0.15, 0.2) is 71.6 Å². The first kappa shape index (κ1) is 21.7. The van der Waals surface area contributed by atoms with Crippen LogP contribution in [0.5, 0.6) is 11.5 Å². The fraction of sp³-hybridized carbons (Fsp3) is 0.0909. The van der Waals surface area contributed by atoms with E-state index in [0.29, 0.717) is 17.0 Å². The van der Waals surface area contributed by atoms with E-state index in [4.69, 9.17) is 14.7 Å².